The van der Waals surface area contributed by atoms with Crippen molar-refractivity contribution in [2.24, 2.45) is 0 Å². The summed E-state index contributed by atoms with van der Waals surface area (Å²) >= 11 is 3.48. The Hall–Kier alpha value is -3.85. The summed E-state index contributed by atoms with van der Waals surface area (Å²) in [4.78, 5) is 27.6. The fraction of sp³-hybridized carbons (Fsp3) is 0.250. The number of hydrogen-bond acceptors (Lipinski definition) is 6. The van der Waals surface area contributed by atoms with E-state index < -0.39 is 0 Å². The van der Waals surface area contributed by atoms with Gasteiger partial charge in [0.25, 0.3) is 0 Å². The number of rotatable bonds is 5. The first-order valence-electron chi connectivity index (χ1n) is 12.2. The molecule has 0 bridgehead atoms. The zero-order valence-corrected chi connectivity index (χ0v) is 21.6. The number of fused-ring (bicyclic) bond motifs is 1. The van der Waals surface area contributed by atoms with Gasteiger partial charge in [0.15, 0.2) is 11.5 Å². The normalized spacial score (nSPS) is 15.1. The molecule has 1 amide bonds. The van der Waals surface area contributed by atoms with Gasteiger partial charge in [0, 0.05) is 24.6 Å². The molecule has 6 rings (SSSR count). The lowest BCUT2D eigenvalue weighted by molar-refractivity contribution is 0.0866. The van der Waals surface area contributed by atoms with Crippen molar-refractivity contribution in [3.05, 3.63) is 82.7 Å². The van der Waals surface area contributed by atoms with Gasteiger partial charge in [-0.3, -0.25) is 0 Å². The van der Waals surface area contributed by atoms with E-state index in [1.165, 1.54) is 0 Å². The average molecular weight is 561 g/mol. The second kappa shape index (κ2) is 10.3. The van der Waals surface area contributed by atoms with Crippen LogP contribution in [0.25, 0.3) is 22.6 Å². The Morgan fingerprint density at radius 1 is 1.00 bits per heavy atom. The molecular formula is C28H25BrN4O4. The van der Waals surface area contributed by atoms with E-state index in [2.05, 4.69) is 25.9 Å². The van der Waals surface area contributed by atoms with Crippen molar-refractivity contribution in [1.82, 2.24) is 19.9 Å². The molecule has 8 nitrogen and oxygen atoms in total. The first-order valence-corrected chi connectivity index (χ1v) is 13.0. The Morgan fingerprint density at radius 2 is 1.81 bits per heavy atom. The van der Waals surface area contributed by atoms with Crippen LogP contribution in [-0.2, 0) is 11.3 Å². The Balaban J connectivity index is 1.21. The van der Waals surface area contributed by atoms with Gasteiger partial charge < -0.3 is 24.1 Å². The molecular weight excluding hydrogens is 536 g/mol. The number of piperidine rings is 1. The summed E-state index contributed by atoms with van der Waals surface area (Å²) in [6, 6.07) is 21.4. The number of aromatic nitrogens is 3. The minimum Gasteiger partial charge on any atom is -0.454 e. The summed E-state index contributed by atoms with van der Waals surface area (Å²) in [5.41, 5.74) is 4.35. The highest BCUT2D eigenvalue weighted by Crippen LogP contribution is 2.39. The fourth-order valence-corrected chi connectivity index (χ4v) is 5.06. The molecule has 1 N–H and O–H groups in total. The number of aromatic amines is 1. The topological polar surface area (TPSA) is 89.6 Å². The molecule has 2 aliphatic heterocycles. The summed E-state index contributed by atoms with van der Waals surface area (Å²) in [7, 11) is 0. The number of carbonyl (C=O) groups is 1. The van der Waals surface area contributed by atoms with Crippen LogP contribution in [0.2, 0.25) is 0 Å². The SMILES string of the molecule is O=C(OCc1ccccc1)N1CCC(c2nc(-c3ccc4c(c3)OCO4)c(-c3cccc(Br)n3)[nH]2)CC1. The molecule has 0 unspecified atom stereocenters. The molecule has 188 valence electrons. The van der Waals surface area contributed by atoms with Crippen LogP contribution in [0, 0.1) is 0 Å². The number of halogens is 1. The van der Waals surface area contributed by atoms with E-state index in [1.54, 1.807) is 4.90 Å². The molecule has 2 aromatic heterocycles. The minimum atomic E-state index is -0.276. The second-order valence-electron chi connectivity index (χ2n) is 9.06. The molecule has 1 fully saturated rings. The number of H-pyrrole nitrogens is 1. The fourth-order valence-electron chi connectivity index (χ4n) is 4.72. The van der Waals surface area contributed by atoms with Crippen molar-refractivity contribution in [2.45, 2.75) is 25.4 Å². The molecule has 9 heteroatoms. The highest BCUT2D eigenvalue weighted by molar-refractivity contribution is 9.10. The summed E-state index contributed by atoms with van der Waals surface area (Å²) in [5.74, 6) is 2.51. The van der Waals surface area contributed by atoms with E-state index in [9.17, 15) is 4.79 Å². The number of nitrogens with zero attached hydrogens (tertiary/aromatic N) is 3. The van der Waals surface area contributed by atoms with Gasteiger partial charge in [-0.05, 0) is 64.7 Å². The lowest BCUT2D eigenvalue weighted by atomic mass is 9.96. The van der Waals surface area contributed by atoms with E-state index in [-0.39, 0.29) is 25.4 Å². The maximum absolute atomic E-state index is 12.6. The standard InChI is InChI=1S/C28H25BrN4O4/c29-24-8-4-7-21(30-24)26-25(20-9-10-22-23(15-20)37-17-36-22)31-27(32-26)19-11-13-33(14-12-19)28(34)35-16-18-5-2-1-3-6-18/h1-10,15,19H,11-14,16-17H2,(H,31,32). The second-order valence-corrected chi connectivity index (χ2v) is 9.87. The number of likely N-dealkylation sites (tertiary alicyclic amines) is 1. The molecule has 4 heterocycles. The van der Waals surface area contributed by atoms with Crippen molar-refractivity contribution in [3.8, 4) is 34.1 Å². The Kier molecular flexibility index (Phi) is 6.53. The van der Waals surface area contributed by atoms with E-state index in [0.29, 0.717) is 18.8 Å². The lowest BCUT2D eigenvalue weighted by Gasteiger charge is -2.30. The minimum absolute atomic E-state index is 0.187. The summed E-state index contributed by atoms with van der Waals surface area (Å²) in [6.45, 7) is 1.72. The maximum Gasteiger partial charge on any atom is 0.410 e. The van der Waals surface area contributed by atoms with Crippen LogP contribution < -0.4 is 9.47 Å². The van der Waals surface area contributed by atoms with Gasteiger partial charge in [0.2, 0.25) is 6.79 Å². The summed E-state index contributed by atoms with van der Waals surface area (Å²) < 4.78 is 17.4. The zero-order chi connectivity index (χ0) is 25.2. The number of pyridine rings is 1. The van der Waals surface area contributed by atoms with Gasteiger partial charge in [-0.1, -0.05) is 36.4 Å². The number of ether oxygens (including phenoxy) is 3. The largest absolute Gasteiger partial charge is 0.454 e. The van der Waals surface area contributed by atoms with Crippen molar-refractivity contribution < 1.29 is 19.0 Å². The summed E-state index contributed by atoms with van der Waals surface area (Å²) in [6.07, 6.45) is 1.31. The van der Waals surface area contributed by atoms with Crippen molar-refractivity contribution >= 4 is 22.0 Å². The monoisotopic (exact) mass is 560 g/mol. The van der Waals surface area contributed by atoms with Gasteiger partial charge in [0.1, 0.15) is 17.0 Å². The highest BCUT2D eigenvalue weighted by Gasteiger charge is 2.28. The molecule has 2 aromatic carbocycles. The quantitative estimate of drug-likeness (QED) is 0.294. The van der Waals surface area contributed by atoms with E-state index in [1.807, 2.05) is 66.7 Å². The third-order valence-electron chi connectivity index (χ3n) is 6.68. The van der Waals surface area contributed by atoms with Crippen LogP contribution in [-0.4, -0.2) is 45.8 Å². The number of carbonyl (C=O) groups excluding carboxylic acids is 1. The van der Waals surface area contributed by atoms with Crippen LogP contribution in [0.15, 0.2) is 71.3 Å². The van der Waals surface area contributed by atoms with Gasteiger partial charge in [0.05, 0.1) is 17.1 Å². The Morgan fingerprint density at radius 3 is 2.62 bits per heavy atom. The van der Waals surface area contributed by atoms with Crippen LogP contribution in [0.1, 0.15) is 30.1 Å². The lowest BCUT2D eigenvalue weighted by Crippen LogP contribution is -2.38. The van der Waals surface area contributed by atoms with Gasteiger partial charge in [-0.15, -0.1) is 0 Å². The first-order chi connectivity index (χ1) is 18.1. The van der Waals surface area contributed by atoms with Gasteiger partial charge in [-0.25, -0.2) is 14.8 Å². The van der Waals surface area contributed by atoms with Crippen molar-refractivity contribution in [3.63, 3.8) is 0 Å². The number of imidazole rings is 1. The molecule has 1 saturated heterocycles. The molecule has 4 aromatic rings. The van der Waals surface area contributed by atoms with Crippen molar-refractivity contribution in [2.75, 3.05) is 19.9 Å². The molecule has 37 heavy (non-hydrogen) atoms. The van der Waals surface area contributed by atoms with Gasteiger partial charge >= 0.3 is 6.09 Å². The first kappa shape index (κ1) is 23.5. The predicted molar refractivity (Wildman–Crippen MR) is 141 cm³/mol. The Bertz CT molecular complexity index is 1420. The van der Waals surface area contributed by atoms with E-state index in [4.69, 9.17) is 19.2 Å². The predicted octanol–water partition coefficient (Wildman–Crippen LogP) is 6.15. The molecule has 0 atom stereocenters. The Labute approximate surface area is 222 Å². The number of amides is 1. The summed E-state index contributed by atoms with van der Waals surface area (Å²) in [5, 5.41) is 0. The third-order valence-corrected chi connectivity index (χ3v) is 7.13. The van der Waals surface area contributed by atoms with Crippen LogP contribution in [0.5, 0.6) is 11.5 Å². The molecule has 0 aliphatic carbocycles. The number of hydrogen-bond donors (Lipinski definition) is 1. The van der Waals surface area contributed by atoms with E-state index >= 15 is 0 Å². The van der Waals surface area contributed by atoms with Crippen LogP contribution >= 0.6 is 15.9 Å². The smallest absolute Gasteiger partial charge is 0.410 e. The molecule has 0 radical (unpaired) electrons. The van der Waals surface area contributed by atoms with E-state index in [0.717, 1.165) is 57.2 Å². The molecule has 0 spiro atoms. The third kappa shape index (κ3) is 5.04. The zero-order valence-electron chi connectivity index (χ0n) is 20.0. The highest BCUT2D eigenvalue weighted by atomic mass is 79.9. The average Bonchev–Trinajstić information content (AvgIpc) is 3.60. The number of benzene rings is 2. The van der Waals surface area contributed by atoms with Gasteiger partial charge in [-0.2, -0.15) is 0 Å². The maximum atomic E-state index is 12.6. The molecule has 0 saturated carbocycles. The van der Waals surface area contributed by atoms with Crippen LogP contribution in [0.3, 0.4) is 0 Å². The molecule has 2 aliphatic rings. The number of nitrogens with one attached hydrogen (secondary N) is 1. The van der Waals surface area contributed by atoms with Crippen LogP contribution in [0.4, 0.5) is 4.79 Å². The van der Waals surface area contributed by atoms with Crippen molar-refractivity contribution in [1.29, 1.82) is 0 Å².